The Morgan fingerprint density at radius 2 is 0.891 bits per heavy atom. The van der Waals surface area contributed by atoms with Crippen molar-refractivity contribution < 1.29 is 0 Å². The monoisotopic (exact) mass is 701 g/mol. The third kappa shape index (κ3) is 4.98. The summed E-state index contributed by atoms with van der Waals surface area (Å²) < 4.78 is 4.85. The molecule has 0 atom stereocenters. The van der Waals surface area contributed by atoms with E-state index in [0.29, 0.717) is 0 Å². The molecule has 11 rings (SSSR count). The fourth-order valence-electron chi connectivity index (χ4n) is 8.66. The summed E-state index contributed by atoms with van der Waals surface area (Å²) in [4.78, 5) is 2.45. The van der Waals surface area contributed by atoms with Gasteiger partial charge in [-0.3, -0.25) is 0 Å². The van der Waals surface area contributed by atoms with Crippen molar-refractivity contribution in [1.82, 2.24) is 9.13 Å². The molecular formula is C52H35N3. The predicted molar refractivity (Wildman–Crippen MR) is 233 cm³/mol. The van der Waals surface area contributed by atoms with Crippen molar-refractivity contribution in [1.29, 1.82) is 0 Å². The van der Waals surface area contributed by atoms with Crippen molar-refractivity contribution in [3.05, 3.63) is 212 Å². The minimum atomic E-state index is 1.09. The topological polar surface area (TPSA) is 13.1 Å². The van der Waals surface area contributed by atoms with Gasteiger partial charge >= 0.3 is 0 Å². The van der Waals surface area contributed by atoms with Crippen LogP contribution in [-0.4, -0.2) is 9.13 Å². The standard InChI is InChI=1S/C52H35N3/c1-3-15-36(16-4-1)37-29-31-40(32-30-37)53(49-27-14-28-50-52(49)45-23-10-12-25-48(45)54(50)39-19-5-2-6-20-39)41-33-34-44-43-22-9-11-24-47(43)55(51(44)35-41)46-26-13-18-38-17-7-8-21-42(38)46/h1-35H. The Balaban J connectivity index is 1.21. The number of aromatic nitrogens is 2. The van der Waals surface area contributed by atoms with Crippen LogP contribution in [0.25, 0.3) is 76.9 Å². The Labute approximate surface area is 319 Å². The molecule has 2 heterocycles. The average Bonchev–Trinajstić information content (AvgIpc) is 3.77. The number of rotatable bonds is 6. The molecule has 2 aromatic heterocycles. The van der Waals surface area contributed by atoms with E-state index in [1.54, 1.807) is 0 Å². The zero-order valence-corrected chi connectivity index (χ0v) is 30.0. The predicted octanol–water partition coefficient (Wildman–Crippen LogP) is 14.2. The molecule has 0 fully saturated rings. The fraction of sp³-hybridized carbons (Fsp3) is 0. The number of hydrogen-bond acceptors (Lipinski definition) is 1. The first-order valence-corrected chi connectivity index (χ1v) is 18.9. The SMILES string of the molecule is c1ccc(-c2ccc(N(c3ccc4c5ccccc5n(-c5cccc6ccccc56)c4c3)c3cccc4c3c3ccccc3n4-c3ccccc3)cc2)cc1. The summed E-state index contributed by atoms with van der Waals surface area (Å²) in [5.74, 6) is 0. The van der Waals surface area contributed by atoms with E-state index in [2.05, 4.69) is 226 Å². The quantitative estimate of drug-likeness (QED) is 0.168. The molecule has 0 radical (unpaired) electrons. The van der Waals surface area contributed by atoms with Gasteiger partial charge in [-0.1, -0.05) is 146 Å². The van der Waals surface area contributed by atoms with E-state index in [0.717, 1.165) is 22.7 Å². The third-order valence-corrected chi connectivity index (χ3v) is 11.1. The Bertz CT molecular complexity index is 3180. The molecule has 0 bridgehead atoms. The zero-order valence-electron chi connectivity index (χ0n) is 30.0. The Hall–Kier alpha value is -7.36. The maximum absolute atomic E-state index is 2.45. The Morgan fingerprint density at radius 3 is 1.69 bits per heavy atom. The van der Waals surface area contributed by atoms with Crippen LogP contribution in [0.5, 0.6) is 0 Å². The first-order chi connectivity index (χ1) is 27.3. The second-order valence-corrected chi connectivity index (χ2v) is 14.2. The average molecular weight is 702 g/mol. The van der Waals surface area contributed by atoms with Crippen molar-refractivity contribution in [3.63, 3.8) is 0 Å². The summed E-state index contributed by atoms with van der Waals surface area (Å²) in [5.41, 5.74) is 12.7. The van der Waals surface area contributed by atoms with Gasteiger partial charge in [0, 0.05) is 44.0 Å². The molecule has 0 spiro atoms. The Kier molecular flexibility index (Phi) is 7.17. The summed E-state index contributed by atoms with van der Waals surface area (Å²) >= 11 is 0. The van der Waals surface area contributed by atoms with Gasteiger partial charge in [-0.2, -0.15) is 0 Å². The highest BCUT2D eigenvalue weighted by Gasteiger charge is 2.23. The number of fused-ring (bicyclic) bond motifs is 7. The van der Waals surface area contributed by atoms with Crippen LogP contribution in [0.15, 0.2) is 212 Å². The van der Waals surface area contributed by atoms with E-state index in [9.17, 15) is 0 Å². The van der Waals surface area contributed by atoms with Crippen molar-refractivity contribution in [3.8, 4) is 22.5 Å². The first kappa shape index (κ1) is 31.2. The van der Waals surface area contributed by atoms with Gasteiger partial charge in [0.25, 0.3) is 0 Å². The molecule has 0 aliphatic carbocycles. The van der Waals surface area contributed by atoms with Crippen LogP contribution in [-0.2, 0) is 0 Å². The molecule has 0 aliphatic heterocycles. The van der Waals surface area contributed by atoms with E-state index >= 15 is 0 Å². The highest BCUT2D eigenvalue weighted by atomic mass is 15.2. The number of para-hydroxylation sites is 3. The molecular weight excluding hydrogens is 667 g/mol. The molecule has 0 amide bonds. The molecule has 3 heteroatoms. The van der Waals surface area contributed by atoms with Crippen LogP contribution in [0.1, 0.15) is 0 Å². The van der Waals surface area contributed by atoms with Crippen molar-refractivity contribution in [2.45, 2.75) is 0 Å². The maximum atomic E-state index is 2.45. The van der Waals surface area contributed by atoms with Gasteiger partial charge in [-0.25, -0.2) is 0 Å². The van der Waals surface area contributed by atoms with Gasteiger partial charge in [0.1, 0.15) is 0 Å². The minimum Gasteiger partial charge on any atom is -0.310 e. The first-order valence-electron chi connectivity index (χ1n) is 18.9. The fourth-order valence-corrected chi connectivity index (χ4v) is 8.66. The molecule has 55 heavy (non-hydrogen) atoms. The molecule has 0 N–H and O–H groups in total. The van der Waals surface area contributed by atoms with Gasteiger partial charge in [0.2, 0.25) is 0 Å². The normalized spacial score (nSPS) is 11.6. The molecule has 0 saturated carbocycles. The van der Waals surface area contributed by atoms with Crippen molar-refractivity contribution in [2.24, 2.45) is 0 Å². The number of benzene rings is 9. The van der Waals surface area contributed by atoms with Crippen molar-refractivity contribution >= 4 is 71.4 Å². The lowest BCUT2D eigenvalue weighted by atomic mass is 10.0. The lowest BCUT2D eigenvalue weighted by molar-refractivity contribution is 1.18. The van der Waals surface area contributed by atoms with Gasteiger partial charge in [0.05, 0.1) is 33.4 Å². The third-order valence-electron chi connectivity index (χ3n) is 11.1. The van der Waals surface area contributed by atoms with E-state index in [1.807, 2.05) is 0 Å². The smallest absolute Gasteiger partial charge is 0.0562 e. The highest BCUT2D eigenvalue weighted by Crippen LogP contribution is 2.46. The van der Waals surface area contributed by atoms with Gasteiger partial charge < -0.3 is 14.0 Å². The van der Waals surface area contributed by atoms with Crippen LogP contribution < -0.4 is 4.90 Å². The van der Waals surface area contributed by atoms with E-state index < -0.39 is 0 Å². The highest BCUT2D eigenvalue weighted by molar-refractivity contribution is 6.17. The molecule has 258 valence electrons. The molecule has 0 aliphatic rings. The number of nitrogens with zero attached hydrogens (tertiary/aromatic N) is 3. The summed E-state index contributed by atoms with van der Waals surface area (Å²) in [7, 11) is 0. The molecule has 11 aromatic rings. The van der Waals surface area contributed by atoms with Crippen LogP contribution in [0.4, 0.5) is 17.1 Å². The number of hydrogen-bond donors (Lipinski definition) is 0. The van der Waals surface area contributed by atoms with E-state index in [1.165, 1.54) is 71.2 Å². The second-order valence-electron chi connectivity index (χ2n) is 14.2. The summed E-state index contributed by atoms with van der Waals surface area (Å²) in [5, 5.41) is 7.35. The van der Waals surface area contributed by atoms with Crippen LogP contribution in [0.3, 0.4) is 0 Å². The van der Waals surface area contributed by atoms with Gasteiger partial charge in [-0.15, -0.1) is 0 Å². The lowest BCUT2D eigenvalue weighted by Gasteiger charge is -2.27. The molecule has 3 nitrogen and oxygen atoms in total. The number of anilines is 3. The van der Waals surface area contributed by atoms with Crippen LogP contribution in [0.2, 0.25) is 0 Å². The Morgan fingerprint density at radius 1 is 0.327 bits per heavy atom. The van der Waals surface area contributed by atoms with Gasteiger partial charge in [-0.05, 0) is 83.2 Å². The molecule has 9 aromatic carbocycles. The summed E-state index contributed by atoms with van der Waals surface area (Å²) in [6.07, 6.45) is 0. The van der Waals surface area contributed by atoms with E-state index in [-0.39, 0.29) is 0 Å². The van der Waals surface area contributed by atoms with Gasteiger partial charge in [0.15, 0.2) is 0 Å². The largest absolute Gasteiger partial charge is 0.310 e. The van der Waals surface area contributed by atoms with E-state index in [4.69, 9.17) is 0 Å². The minimum absolute atomic E-state index is 1.09. The van der Waals surface area contributed by atoms with Crippen LogP contribution in [0, 0.1) is 0 Å². The summed E-state index contributed by atoms with van der Waals surface area (Å²) in [6, 6.07) is 77.0. The molecule has 0 unspecified atom stereocenters. The lowest BCUT2D eigenvalue weighted by Crippen LogP contribution is -2.10. The summed E-state index contributed by atoms with van der Waals surface area (Å²) in [6.45, 7) is 0. The van der Waals surface area contributed by atoms with Crippen LogP contribution >= 0.6 is 0 Å². The van der Waals surface area contributed by atoms with Crippen molar-refractivity contribution in [2.75, 3.05) is 4.90 Å². The molecule has 0 saturated heterocycles. The second kappa shape index (κ2) is 12.6. The maximum Gasteiger partial charge on any atom is 0.0562 e. The zero-order chi connectivity index (χ0) is 36.3.